The molecule has 2 rings (SSSR count). The second kappa shape index (κ2) is 10.6. The molecule has 32 heavy (non-hydrogen) atoms. The van der Waals surface area contributed by atoms with Crippen molar-refractivity contribution in [1.29, 1.82) is 0 Å². The fourth-order valence-electron chi connectivity index (χ4n) is 2.40. The Morgan fingerprint density at radius 3 is 2.31 bits per heavy atom. The highest BCUT2D eigenvalue weighted by Crippen LogP contribution is 2.21. The maximum Gasteiger partial charge on any atom is 0.308 e. The van der Waals surface area contributed by atoms with E-state index in [9.17, 15) is 39.0 Å². The van der Waals surface area contributed by atoms with E-state index in [2.05, 4.69) is 10.6 Å². The van der Waals surface area contributed by atoms with Crippen molar-refractivity contribution in [3.05, 3.63) is 74.1 Å². The predicted molar refractivity (Wildman–Crippen MR) is 107 cm³/mol. The number of hydrogen-bond acceptors (Lipinski definition) is 8. The van der Waals surface area contributed by atoms with Crippen molar-refractivity contribution in [1.82, 2.24) is 5.32 Å². The summed E-state index contributed by atoms with van der Waals surface area (Å²) in [7, 11) is 0. The number of ether oxygens (including phenoxy) is 1. The van der Waals surface area contributed by atoms with E-state index < -0.39 is 45.2 Å². The van der Waals surface area contributed by atoms with Gasteiger partial charge in [-0.2, -0.15) is 4.39 Å². The number of hydrogen-bond donors (Lipinski definition) is 2. The molecule has 2 aromatic rings. The number of nitro benzene ring substituents is 2. The third kappa shape index (κ3) is 6.55. The van der Waals surface area contributed by atoms with E-state index in [1.54, 1.807) is 0 Å². The standard InChI is InChI=1S/C19H17FN4O8/c1-11(18(26)22-13-4-7-15(20)16(10-13)24(30)31)32-17(25)8-9-21-19(27)12-2-5-14(6-3-12)23(28)29/h2-7,10-11H,8-9H2,1H3,(H,21,27)(H,22,26). The second-order valence-electron chi connectivity index (χ2n) is 6.35. The Balaban J connectivity index is 1.80. The Kier molecular flexibility index (Phi) is 7.87. The summed E-state index contributed by atoms with van der Waals surface area (Å²) in [6.07, 6.45) is -1.53. The van der Waals surface area contributed by atoms with Crippen LogP contribution < -0.4 is 10.6 Å². The lowest BCUT2D eigenvalue weighted by molar-refractivity contribution is -0.387. The Labute approximate surface area is 179 Å². The van der Waals surface area contributed by atoms with Crippen molar-refractivity contribution >= 4 is 34.8 Å². The highest BCUT2D eigenvalue weighted by atomic mass is 19.1. The van der Waals surface area contributed by atoms with E-state index in [1.807, 2.05) is 0 Å². The largest absolute Gasteiger partial charge is 0.452 e. The highest BCUT2D eigenvalue weighted by molar-refractivity contribution is 5.96. The van der Waals surface area contributed by atoms with Crippen molar-refractivity contribution in [2.24, 2.45) is 0 Å². The maximum atomic E-state index is 13.3. The van der Waals surface area contributed by atoms with Crippen LogP contribution in [-0.2, 0) is 14.3 Å². The van der Waals surface area contributed by atoms with Crippen LogP contribution in [0.2, 0.25) is 0 Å². The molecule has 0 aliphatic rings. The van der Waals surface area contributed by atoms with Gasteiger partial charge in [-0.3, -0.25) is 34.6 Å². The molecule has 13 heteroatoms. The Bertz CT molecular complexity index is 1060. The number of benzene rings is 2. The van der Waals surface area contributed by atoms with Gasteiger partial charge in [0.1, 0.15) is 0 Å². The summed E-state index contributed by atoms with van der Waals surface area (Å²) in [5.41, 5.74) is -0.893. The molecule has 0 bridgehead atoms. The molecule has 0 radical (unpaired) electrons. The average Bonchev–Trinajstić information content (AvgIpc) is 2.74. The summed E-state index contributed by atoms with van der Waals surface area (Å²) < 4.78 is 18.3. The van der Waals surface area contributed by atoms with Gasteiger partial charge in [0.2, 0.25) is 5.82 Å². The number of non-ortho nitro benzene ring substituents is 1. The van der Waals surface area contributed by atoms with Gasteiger partial charge in [0.25, 0.3) is 17.5 Å². The number of anilines is 1. The van der Waals surface area contributed by atoms with Crippen molar-refractivity contribution < 1.29 is 33.4 Å². The van der Waals surface area contributed by atoms with Gasteiger partial charge in [0, 0.05) is 36.0 Å². The number of rotatable bonds is 9. The molecule has 2 aromatic carbocycles. The first-order valence-corrected chi connectivity index (χ1v) is 9.05. The second-order valence-corrected chi connectivity index (χ2v) is 6.35. The molecule has 0 saturated carbocycles. The average molecular weight is 448 g/mol. The summed E-state index contributed by atoms with van der Waals surface area (Å²) in [4.78, 5) is 55.7. The van der Waals surface area contributed by atoms with E-state index in [-0.39, 0.29) is 29.9 Å². The summed E-state index contributed by atoms with van der Waals surface area (Å²) in [5, 5.41) is 26.1. The van der Waals surface area contributed by atoms with E-state index in [1.165, 1.54) is 31.2 Å². The quantitative estimate of drug-likeness (QED) is 0.334. The molecule has 1 atom stereocenters. The van der Waals surface area contributed by atoms with E-state index in [0.717, 1.165) is 18.2 Å². The van der Waals surface area contributed by atoms with Crippen LogP contribution in [0.4, 0.5) is 21.5 Å². The van der Waals surface area contributed by atoms with Gasteiger partial charge in [-0.15, -0.1) is 0 Å². The molecule has 0 aromatic heterocycles. The zero-order valence-electron chi connectivity index (χ0n) is 16.6. The number of carbonyl (C=O) groups excluding carboxylic acids is 3. The number of halogens is 1. The minimum Gasteiger partial charge on any atom is -0.452 e. The maximum absolute atomic E-state index is 13.3. The molecule has 0 fully saturated rings. The molecule has 168 valence electrons. The van der Waals surface area contributed by atoms with Crippen LogP contribution in [0.1, 0.15) is 23.7 Å². The number of nitro groups is 2. The number of carbonyl (C=O) groups is 3. The van der Waals surface area contributed by atoms with Crippen molar-refractivity contribution in [2.75, 3.05) is 11.9 Å². The lowest BCUT2D eigenvalue weighted by Gasteiger charge is -2.14. The van der Waals surface area contributed by atoms with Gasteiger partial charge in [-0.25, -0.2) is 0 Å². The van der Waals surface area contributed by atoms with E-state index >= 15 is 0 Å². The van der Waals surface area contributed by atoms with Crippen LogP contribution in [0.25, 0.3) is 0 Å². The van der Waals surface area contributed by atoms with Gasteiger partial charge in [0.15, 0.2) is 6.10 Å². The molecule has 0 heterocycles. The molecular weight excluding hydrogens is 431 g/mol. The highest BCUT2D eigenvalue weighted by Gasteiger charge is 2.20. The van der Waals surface area contributed by atoms with Crippen LogP contribution >= 0.6 is 0 Å². The molecule has 12 nitrogen and oxygen atoms in total. The summed E-state index contributed by atoms with van der Waals surface area (Å²) in [6.45, 7) is 1.15. The van der Waals surface area contributed by atoms with Gasteiger partial charge in [-0.05, 0) is 31.2 Å². The van der Waals surface area contributed by atoms with Crippen LogP contribution in [0.15, 0.2) is 42.5 Å². The van der Waals surface area contributed by atoms with E-state index in [4.69, 9.17) is 4.74 Å². The molecule has 2 amide bonds. The fourth-order valence-corrected chi connectivity index (χ4v) is 2.40. The molecular formula is C19H17FN4O8. The first-order valence-electron chi connectivity index (χ1n) is 9.05. The number of nitrogens with one attached hydrogen (secondary N) is 2. The smallest absolute Gasteiger partial charge is 0.308 e. The van der Waals surface area contributed by atoms with Crippen LogP contribution in [0, 0.1) is 26.0 Å². The first kappa shape index (κ1) is 23.9. The number of esters is 1. The first-order chi connectivity index (χ1) is 15.1. The SMILES string of the molecule is CC(OC(=O)CCNC(=O)c1ccc([N+](=O)[O-])cc1)C(=O)Nc1ccc(F)c([N+](=O)[O-])c1. The molecule has 1 unspecified atom stereocenters. The van der Waals surface area contributed by atoms with Crippen molar-refractivity contribution in [3.8, 4) is 0 Å². The molecule has 0 aliphatic heterocycles. The zero-order valence-corrected chi connectivity index (χ0v) is 16.6. The summed E-state index contributed by atoms with van der Waals surface area (Å²) >= 11 is 0. The molecule has 0 saturated heterocycles. The van der Waals surface area contributed by atoms with Gasteiger partial charge in [0.05, 0.1) is 16.3 Å². The zero-order chi connectivity index (χ0) is 23.8. The third-order valence-electron chi connectivity index (χ3n) is 4.04. The van der Waals surface area contributed by atoms with Gasteiger partial charge in [-0.1, -0.05) is 0 Å². The summed E-state index contributed by atoms with van der Waals surface area (Å²) in [5.74, 6) is -3.23. The molecule has 2 N–H and O–H groups in total. The van der Waals surface area contributed by atoms with Crippen LogP contribution in [-0.4, -0.2) is 40.3 Å². The topological polar surface area (TPSA) is 171 Å². The van der Waals surface area contributed by atoms with Crippen molar-refractivity contribution in [2.45, 2.75) is 19.4 Å². The van der Waals surface area contributed by atoms with Crippen LogP contribution in [0.3, 0.4) is 0 Å². The minimum atomic E-state index is -1.27. The lowest BCUT2D eigenvalue weighted by Crippen LogP contribution is -2.32. The molecule has 0 aliphatic carbocycles. The van der Waals surface area contributed by atoms with Crippen LogP contribution in [0.5, 0.6) is 0 Å². The summed E-state index contributed by atoms with van der Waals surface area (Å²) in [6, 6.07) is 7.62. The van der Waals surface area contributed by atoms with E-state index in [0.29, 0.717) is 0 Å². The Morgan fingerprint density at radius 1 is 1.06 bits per heavy atom. The third-order valence-corrected chi connectivity index (χ3v) is 4.04. The normalized spacial score (nSPS) is 11.2. The number of amides is 2. The monoisotopic (exact) mass is 448 g/mol. The Hall–Kier alpha value is -4.42. The predicted octanol–water partition coefficient (Wildman–Crippen LogP) is 2.33. The minimum absolute atomic E-state index is 0.0543. The lowest BCUT2D eigenvalue weighted by atomic mass is 10.2. The molecule has 0 spiro atoms. The van der Waals surface area contributed by atoms with Gasteiger partial charge < -0.3 is 15.4 Å². The Morgan fingerprint density at radius 2 is 1.72 bits per heavy atom. The van der Waals surface area contributed by atoms with Gasteiger partial charge >= 0.3 is 11.7 Å². The fraction of sp³-hybridized carbons (Fsp3) is 0.211. The number of nitrogens with zero attached hydrogens (tertiary/aromatic N) is 2. The van der Waals surface area contributed by atoms with Crippen molar-refractivity contribution in [3.63, 3.8) is 0 Å².